The van der Waals surface area contributed by atoms with Crippen LogP contribution in [0.1, 0.15) is 17.3 Å². The van der Waals surface area contributed by atoms with E-state index < -0.39 is 0 Å². The van der Waals surface area contributed by atoms with E-state index in [4.69, 9.17) is 23.2 Å². The molecule has 0 spiro atoms. The second-order valence-electron chi connectivity index (χ2n) is 3.28. The molecule has 0 atom stereocenters. The Morgan fingerprint density at radius 2 is 2.07 bits per heavy atom. The molecule has 82 valence electrons. The summed E-state index contributed by atoms with van der Waals surface area (Å²) in [5.41, 5.74) is 1.34. The number of nitrogens with zero attached hydrogens (tertiary/aromatic N) is 1. The molecule has 5 heteroatoms. The molecule has 2 nitrogen and oxygen atoms in total. The Labute approximate surface area is 103 Å². The van der Waals surface area contributed by atoms with E-state index in [1.165, 1.54) is 11.3 Å². The lowest BCUT2D eigenvalue weighted by molar-refractivity contribution is 0.104. The van der Waals surface area contributed by atoms with Crippen LogP contribution >= 0.6 is 34.5 Å². The summed E-state index contributed by atoms with van der Waals surface area (Å²) in [6.07, 6.45) is 1.55. The fraction of sp³-hybridized carbons (Fsp3) is 0.300. The summed E-state index contributed by atoms with van der Waals surface area (Å²) in [4.78, 5) is 13.6. The number of carbonyl (C=O) groups is 1. The molecule has 0 unspecified atom stereocenters. The van der Waals surface area contributed by atoms with E-state index in [0.717, 1.165) is 5.70 Å². The molecule has 0 N–H and O–H groups in total. The van der Waals surface area contributed by atoms with Gasteiger partial charge in [0.05, 0.1) is 9.90 Å². The van der Waals surface area contributed by atoms with Crippen molar-refractivity contribution in [2.75, 3.05) is 14.1 Å². The summed E-state index contributed by atoms with van der Waals surface area (Å²) >= 11 is 12.8. The minimum Gasteiger partial charge on any atom is -0.381 e. The number of thiophene rings is 1. The van der Waals surface area contributed by atoms with Gasteiger partial charge < -0.3 is 4.90 Å². The maximum Gasteiger partial charge on any atom is 0.189 e. The van der Waals surface area contributed by atoms with Crippen molar-refractivity contribution in [3.8, 4) is 0 Å². The van der Waals surface area contributed by atoms with E-state index in [0.29, 0.717) is 14.2 Å². The first kappa shape index (κ1) is 12.6. The first-order chi connectivity index (χ1) is 6.91. The van der Waals surface area contributed by atoms with E-state index in [1.807, 2.05) is 25.9 Å². The summed E-state index contributed by atoms with van der Waals surface area (Å²) < 4.78 is 0.965. The fourth-order valence-corrected chi connectivity index (χ4v) is 2.38. The van der Waals surface area contributed by atoms with Crippen molar-refractivity contribution in [1.29, 1.82) is 0 Å². The molecule has 1 heterocycles. The van der Waals surface area contributed by atoms with Crippen LogP contribution in [0.5, 0.6) is 0 Å². The van der Waals surface area contributed by atoms with Gasteiger partial charge in [0.25, 0.3) is 0 Å². The smallest absolute Gasteiger partial charge is 0.189 e. The van der Waals surface area contributed by atoms with Gasteiger partial charge in [0.15, 0.2) is 5.78 Å². The van der Waals surface area contributed by atoms with Crippen LogP contribution in [0.25, 0.3) is 0 Å². The molecular formula is C10H11Cl2NOS. The molecule has 0 saturated carbocycles. The molecule has 15 heavy (non-hydrogen) atoms. The van der Waals surface area contributed by atoms with Gasteiger partial charge >= 0.3 is 0 Å². The average Bonchev–Trinajstić information content (AvgIpc) is 2.44. The van der Waals surface area contributed by atoms with Gasteiger partial charge in [0.2, 0.25) is 0 Å². The topological polar surface area (TPSA) is 20.3 Å². The van der Waals surface area contributed by atoms with Crippen molar-refractivity contribution in [2.24, 2.45) is 0 Å². The molecular weight excluding hydrogens is 253 g/mol. The Morgan fingerprint density at radius 1 is 1.47 bits per heavy atom. The van der Waals surface area contributed by atoms with Crippen LogP contribution in [0.15, 0.2) is 17.8 Å². The molecule has 0 bridgehead atoms. The highest BCUT2D eigenvalue weighted by Crippen LogP contribution is 2.31. The highest BCUT2D eigenvalue weighted by atomic mass is 35.5. The lowest BCUT2D eigenvalue weighted by atomic mass is 10.2. The van der Waals surface area contributed by atoms with Crippen molar-refractivity contribution in [3.05, 3.63) is 32.1 Å². The number of halogens is 2. The fourth-order valence-electron chi connectivity index (χ4n) is 0.905. The van der Waals surface area contributed by atoms with Gasteiger partial charge in [-0.1, -0.05) is 23.2 Å². The first-order valence-electron chi connectivity index (χ1n) is 4.26. The Hall–Kier alpha value is -0.510. The lowest BCUT2D eigenvalue weighted by Gasteiger charge is -2.11. The van der Waals surface area contributed by atoms with Gasteiger partial charge in [-0.3, -0.25) is 4.79 Å². The summed E-state index contributed by atoms with van der Waals surface area (Å²) in [6, 6.07) is 1.59. The Morgan fingerprint density at radius 3 is 2.47 bits per heavy atom. The molecule has 1 aromatic rings. The highest BCUT2D eigenvalue weighted by Gasteiger charge is 2.12. The van der Waals surface area contributed by atoms with Crippen LogP contribution in [0.4, 0.5) is 0 Å². The first-order valence-corrected chi connectivity index (χ1v) is 5.84. The molecule has 0 aliphatic rings. The Bertz CT molecular complexity index is 410. The number of hydrogen-bond donors (Lipinski definition) is 0. The monoisotopic (exact) mass is 263 g/mol. The standard InChI is InChI=1S/C10H11Cl2NOS/c1-6(13(2)3)4-8(14)7-5-9(11)15-10(7)12/h4-5H,1-3H3/b6-4+. The van der Waals surface area contributed by atoms with E-state index in [-0.39, 0.29) is 5.78 Å². The SMILES string of the molecule is C/C(=C\C(=O)c1cc(Cl)sc1Cl)N(C)C. The summed E-state index contributed by atoms with van der Waals surface area (Å²) in [5.74, 6) is -0.116. The van der Waals surface area contributed by atoms with Crippen molar-refractivity contribution in [3.63, 3.8) is 0 Å². The average molecular weight is 264 g/mol. The maximum atomic E-state index is 11.8. The van der Waals surface area contributed by atoms with Gasteiger partial charge in [-0.05, 0) is 13.0 Å². The zero-order valence-corrected chi connectivity index (χ0v) is 11.0. The van der Waals surface area contributed by atoms with Crippen LogP contribution < -0.4 is 0 Å². The van der Waals surface area contributed by atoms with Gasteiger partial charge in [0.1, 0.15) is 4.34 Å². The number of rotatable bonds is 3. The quantitative estimate of drug-likeness (QED) is 0.612. The molecule has 1 aromatic heterocycles. The normalized spacial score (nSPS) is 11.7. The van der Waals surface area contributed by atoms with Crippen LogP contribution in [0.2, 0.25) is 8.67 Å². The third-order valence-electron chi connectivity index (χ3n) is 1.97. The number of hydrogen-bond acceptors (Lipinski definition) is 3. The maximum absolute atomic E-state index is 11.8. The van der Waals surface area contributed by atoms with Gasteiger partial charge in [-0.25, -0.2) is 0 Å². The Kier molecular flexibility index (Phi) is 4.20. The number of carbonyl (C=O) groups excluding carboxylic acids is 1. The van der Waals surface area contributed by atoms with Crippen LogP contribution in [0.3, 0.4) is 0 Å². The van der Waals surface area contributed by atoms with Gasteiger partial charge in [0, 0.05) is 25.9 Å². The zero-order chi connectivity index (χ0) is 11.6. The zero-order valence-electron chi connectivity index (χ0n) is 8.67. The molecule has 1 rings (SSSR count). The predicted molar refractivity (Wildman–Crippen MR) is 66.1 cm³/mol. The van der Waals surface area contributed by atoms with E-state index in [2.05, 4.69) is 0 Å². The second-order valence-corrected chi connectivity index (χ2v) is 5.57. The van der Waals surface area contributed by atoms with E-state index in [9.17, 15) is 4.79 Å². The largest absolute Gasteiger partial charge is 0.381 e. The minimum absolute atomic E-state index is 0.116. The predicted octanol–water partition coefficient (Wildman–Crippen LogP) is 3.70. The van der Waals surface area contributed by atoms with Gasteiger partial charge in [-0.15, -0.1) is 11.3 Å². The number of ketones is 1. The lowest BCUT2D eigenvalue weighted by Crippen LogP contribution is -2.10. The highest BCUT2D eigenvalue weighted by molar-refractivity contribution is 7.20. The van der Waals surface area contributed by atoms with Crippen LogP contribution in [-0.2, 0) is 0 Å². The Balaban J connectivity index is 2.96. The second kappa shape index (κ2) is 5.01. The molecule has 0 amide bonds. The van der Waals surface area contributed by atoms with Crippen molar-refractivity contribution >= 4 is 40.3 Å². The molecule has 0 radical (unpaired) electrons. The van der Waals surface area contributed by atoms with Crippen LogP contribution in [0, 0.1) is 0 Å². The molecule has 0 aromatic carbocycles. The van der Waals surface area contributed by atoms with Crippen molar-refractivity contribution in [1.82, 2.24) is 4.90 Å². The molecule has 0 aliphatic carbocycles. The minimum atomic E-state index is -0.116. The van der Waals surface area contributed by atoms with Gasteiger partial charge in [-0.2, -0.15) is 0 Å². The van der Waals surface area contributed by atoms with Crippen molar-refractivity contribution < 1.29 is 4.79 Å². The molecule has 0 fully saturated rings. The summed E-state index contributed by atoms with van der Waals surface area (Å²) in [7, 11) is 3.75. The molecule has 0 aliphatic heterocycles. The van der Waals surface area contributed by atoms with E-state index in [1.54, 1.807) is 12.1 Å². The molecule has 0 saturated heterocycles. The third kappa shape index (κ3) is 3.23. The number of allylic oxidation sites excluding steroid dienone is 2. The van der Waals surface area contributed by atoms with E-state index >= 15 is 0 Å². The summed E-state index contributed by atoms with van der Waals surface area (Å²) in [6.45, 7) is 1.86. The summed E-state index contributed by atoms with van der Waals surface area (Å²) in [5, 5.41) is 0. The third-order valence-corrected chi connectivity index (χ3v) is 3.46. The van der Waals surface area contributed by atoms with Crippen molar-refractivity contribution in [2.45, 2.75) is 6.92 Å². The van der Waals surface area contributed by atoms with Crippen LogP contribution in [-0.4, -0.2) is 24.8 Å².